The second kappa shape index (κ2) is 5.31. The number of pyridine rings is 1. The van der Waals surface area contributed by atoms with Crippen molar-refractivity contribution >= 4 is 23.0 Å². The van der Waals surface area contributed by atoms with Crippen molar-refractivity contribution in [2.45, 2.75) is 25.3 Å². The Labute approximate surface area is 107 Å². The summed E-state index contributed by atoms with van der Waals surface area (Å²) in [7, 11) is 1.67. The fourth-order valence-electron chi connectivity index (χ4n) is 1.84. The minimum atomic E-state index is 0.547. The molecule has 0 atom stereocenters. The van der Waals surface area contributed by atoms with Gasteiger partial charge in [-0.25, -0.2) is 4.98 Å². The third-order valence-corrected chi connectivity index (χ3v) is 3.03. The number of methoxy groups -OCH3 is 1. The minimum absolute atomic E-state index is 0.547. The topological polar surface area (TPSA) is 51.4 Å². The molecule has 1 heterocycles. The summed E-state index contributed by atoms with van der Waals surface area (Å²) in [6.45, 7) is 0.813. The summed E-state index contributed by atoms with van der Waals surface area (Å²) in [6, 6.07) is 4.37. The lowest BCUT2D eigenvalue weighted by Gasteiger charge is -2.24. The SMILES string of the molecule is COc1cccnc1N(CCC(N)=S)C1CC1. The molecule has 0 aliphatic heterocycles. The highest BCUT2D eigenvalue weighted by Gasteiger charge is 2.31. The maximum Gasteiger partial charge on any atom is 0.171 e. The van der Waals surface area contributed by atoms with Crippen LogP contribution in [0.1, 0.15) is 19.3 Å². The summed E-state index contributed by atoms with van der Waals surface area (Å²) < 4.78 is 5.34. The van der Waals surface area contributed by atoms with Crippen LogP contribution < -0.4 is 15.4 Å². The van der Waals surface area contributed by atoms with Crippen LogP contribution in [-0.4, -0.2) is 29.7 Å². The number of thiocarbonyl (C=S) groups is 1. The van der Waals surface area contributed by atoms with Gasteiger partial charge in [0, 0.05) is 25.2 Å². The van der Waals surface area contributed by atoms with Crippen molar-refractivity contribution in [2.24, 2.45) is 5.73 Å². The van der Waals surface area contributed by atoms with Crippen molar-refractivity contribution < 1.29 is 4.74 Å². The van der Waals surface area contributed by atoms with Crippen LogP contribution in [0, 0.1) is 0 Å². The largest absolute Gasteiger partial charge is 0.493 e. The van der Waals surface area contributed by atoms with Crippen molar-refractivity contribution in [3.05, 3.63) is 18.3 Å². The van der Waals surface area contributed by atoms with E-state index in [2.05, 4.69) is 9.88 Å². The number of ether oxygens (including phenoxy) is 1. The molecule has 92 valence electrons. The highest BCUT2D eigenvalue weighted by Crippen LogP contribution is 2.35. The van der Waals surface area contributed by atoms with Crippen molar-refractivity contribution in [1.82, 2.24) is 4.98 Å². The van der Waals surface area contributed by atoms with Gasteiger partial charge >= 0.3 is 0 Å². The molecule has 0 spiro atoms. The predicted octanol–water partition coefficient (Wildman–Crippen LogP) is 1.74. The number of aromatic nitrogens is 1. The van der Waals surface area contributed by atoms with Crippen LogP contribution >= 0.6 is 12.2 Å². The van der Waals surface area contributed by atoms with Gasteiger partial charge in [0.1, 0.15) is 0 Å². The molecule has 17 heavy (non-hydrogen) atoms. The Morgan fingerprint density at radius 2 is 2.41 bits per heavy atom. The average Bonchev–Trinajstić information content (AvgIpc) is 3.14. The standard InChI is InChI=1S/C12H17N3OS/c1-16-10-3-2-7-14-12(10)15(9-4-5-9)8-6-11(13)17/h2-3,7,9H,4-6,8H2,1H3,(H2,13,17). The molecule has 1 aliphatic carbocycles. The van der Waals surface area contributed by atoms with E-state index in [0.717, 1.165) is 18.1 Å². The minimum Gasteiger partial charge on any atom is -0.493 e. The van der Waals surface area contributed by atoms with Crippen molar-refractivity contribution in [3.8, 4) is 5.75 Å². The number of hydrogen-bond donors (Lipinski definition) is 1. The summed E-state index contributed by atoms with van der Waals surface area (Å²) in [5, 5.41) is 0. The Bertz CT molecular complexity index is 406. The van der Waals surface area contributed by atoms with Crippen LogP contribution in [0.3, 0.4) is 0 Å². The Morgan fingerprint density at radius 3 is 3.00 bits per heavy atom. The maximum absolute atomic E-state index is 5.56. The van der Waals surface area contributed by atoms with E-state index in [1.165, 1.54) is 12.8 Å². The molecule has 4 nitrogen and oxygen atoms in total. The number of rotatable bonds is 6. The van der Waals surface area contributed by atoms with Crippen LogP contribution in [-0.2, 0) is 0 Å². The Balaban J connectivity index is 2.16. The summed E-state index contributed by atoms with van der Waals surface area (Å²) in [5.41, 5.74) is 5.56. The fourth-order valence-corrected chi connectivity index (χ4v) is 1.93. The molecular weight excluding hydrogens is 234 g/mol. The molecule has 0 aromatic carbocycles. The molecule has 0 bridgehead atoms. The van der Waals surface area contributed by atoms with Gasteiger partial charge < -0.3 is 15.4 Å². The molecule has 2 N–H and O–H groups in total. The molecule has 0 unspecified atom stereocenters. The van der Waals surface area contributed by atoms with Gasteiger partial charge in [0.25, 0.3) is 0 Å². The van der Waals surface area contributed by atoms with E-state index >= 15 is 0 Å². The number of nitrogens with two attached hydrogens (primary N) is 1. The summed E-state index contributed by atoms with van der Waals surface area (Å²) in [4.78, 5) is 7.20. The van der Waals surface area contributed by atoms with E-state index in [1.54, 1.807) is 13.3 Å². The maximum atomic E-state index is 5.56. The molecule has 0 saturated heterocycles. The molecule has 1 aromatic heterocycles. The molecule has 1 fully saturated rings. The van der Waals surface area contributed by atoms with Crippen molar-refractivity contribution in [2.75, 3.05) is 18.6 Å². The van der Waals surface area contributed by atoms with Gasteiger partial charge in [0.2, 0.25) is 0 Å². The quantitative estimate of drug-likeness (QED) is 0.780. The monoisotopic (exact) mass is 251 g/mol. The molecule has 5 heteroatoms. The van der Waals surface area contributed by atoms with Gasteiger partial charge in [0.05, 0.1) is 12.1 Å². The van der Waals surface area contributed by atoms with E-state index < -0.39 is 0 Å². The van der Waals surface area contributed by atoms with Gasteiger partial charge in [-0.1, -0.05) is 12.2 Å². The Kier molecular flexibility index (Phi) is 3.78. The first kappa shape index (κ1) is 12.1. The number of nitrogens with zero attached hydrogens (tertiary/aromatic N) is 2. The number of hydrogen-bond acceptors (Lipinski definition) is 4. The number of anilines is 1. The lowest BCUT2D eigenvalue weighted by atomic mass is 10.3. The summed E-state index contributed by atoms with van der Waals surface area (Å²) >= 11 is 4.93. The molecule has 0 radical (unpaired) electrons. The highest BCUT2D eigenvalue weighted by atomic mass is 32.1. The van der Waals surface area contributed by atoms with E-state index in [0.29, 0.717) is 17.5 Å². The van der Waals surface area contributed by atoms with E-state index in [9.17, 15) is 0 Å². The lowest BCUT2D eigenvalue weighted by Crippen LogP contribution is -2.30. The predicted molar refractivity (Wildman–Crippen MR) is 72.6 cm³/mol. The van der Waals surface area contributed by atoms with E-state index in [-0.39, 0.29) is 0 Å². The average molecular weight is 251 g/mol. The molecule has 2 rings (SSSR count). The molecule has 1 aliphatic rings. The highest BCUT2D eigenvalue weighted by molar-refractivity contribution is 7.80. The van der Waals surface area contributed by atoms with Crippen LogP contribution in [0.2, 0.25) is 0 Å². The van der Waals surface area contributed by atoms with E-state index in [4.69, 9.17) is 22.7 Å². The first-order chi connectivity index (χ1) is 8.22. The van der Waals surface area contributed by atoms with Crippen LogP contribution in [0.4, 0.5) is 5.82 Å². The van der Waals surface area contributed by atoms with Gasteiger partial charge in [-0.3, -0.25) is 0 Å². The van der Waals surface area contributed by atoms with E-state index in [1.807, 2.05) is 12.1 Å². The third kappa shape index (κ3) is 3.06. The Hall–Kier alpha value is -1.36. The smallest absolute Gasteiger partial charge is 0.171 e. The van der Waals surface area contributed by atoms with Gasteiger partial charge in [-0.05, 0) is 25.0 Å². The van der Waals surface area contributed by atoms with Crippen LogP contribution in [0.25, 0.3) is 0 Å². The second-order valence-corrected chi connectivity index (χ2v) is 4.69. The molecule has 1 saturated carbocycles. The first-order valence-corrected chi connectivity index (χ1v) is 6.17. The molecule has 1 aromatic rings. The first-order valence-electron chi connectivity index (χ1n) is 5.76. The zero-order chi connectivity index (χ0) is 12.3. The normalized spacial score (nSPS) is 14.4. The molecule has 0 amide bonds. The van der Waals surface area contributed by atoms with Gasteiger partial charge in [-0.15, -0.1) is 0 Å². The summed E-state index contributed by atoms with van der Waals surface area (Å²) in [5.74, 6) is 1.70. The fraction of sp³-hybridized carbons (Fsp3) is 0.500. The van der Waals surface area contributed by atoms with Crippen LogP contribution in [0.15, 0.2) is 18.3 Å². The molecular formula is C12H17N3OS. The van der Waals surface area contributed by atoms with Gasteiger partial charge in [-0.2, -0.15) is 0 Å². The third-order valence-electron chi connectivity index (χ3n) is 2.83. The van der Waals surface area contributed by atoms with Crippen molar-refractivity contribution in [1.29, 1.82) is 0 Å². The second-order valence-electron chi connectivity index (χ2n) is 4.17. The summed E-state index contributed by atoms with van der Waals surface area (Å²) in [6.07, 6.45) is 4.91. The zero-order valence-electron chi connectivity index (χ0n) is 9.93. The van der Waals surface area contributed by atoms with Gasteiger partial charge in [0.15, 0.2) is 11.6 Å². The lowest BCUT2D eigenvalue weighted by molar-refractivity contribution is 0.412. The van der Waals surface area contributed by atoms with Crippen molar-refractivity contribution in [3.63, 3.8) is 0 Å². The zero-order valence-corrected chi connectivity index (χ0v) is 10.7. The Morgan fingerprint density at radius 1 is 1.65 bits per heavy atom. The van der Waals surface area contributed by atoms with Crippen LogP contribution in [0.5, 0.6) is 5.75 Å².